The number of anilines is 2. The van der Waals surface area contributed by atoms with E-state index in [1.807, 2.05) is 24.4 Å². The maximum atomic E-state index is 13.2. The minimum Gasteiger partial charge on any atom is -0.482 e. The van der Waals surface area contributed by atoms with Crippen LogP contribution in [-0.4, -0.2) is 48.9 Å². The molecule has 0 fully saturated rings. The van der Waals surface area contributed by atoms with Crippen LogP contribution in [0.4, 0.5) is 11.4 Å². The Morgan fingerprint density at radius 2 is 1.74 bits per heavy atom. The normalized spacial score (nSPS) is 14.7. The van der Waals surface area contributed by atoms with E-state index in [0.717, 1.165) is 16.3 Å². The lowest BCUT2D eigenvalue weighted by atomic mass is 10.1. The summed E-state index contributed by atoms with van der Waals surface area (Å²) >= 11 is 1.54. The third-order valence-corrected chi connectivity index (χ3v) is 6.43. The summed E-state index contributed by atoms with van der Waals surface area (Å²) in [5.41, 5.74) is 3.05. The number of rotatable bonds is 6. The van der Waals surface area contributed by atoms with Crippen molar-refractivity contribution < 1.29 is 23.9 Å². The molecule has 8 nitrogen and oxygen atoms in total. The van der Waals surface area contributed by atoms with Crippen molar-refractivity contribution in [3.05, 3.63) is 65.0 Å². The number of aromatic nitrogens is 1. The first-order valence-electron chi connectivity index (χ1n) is 10.7. The van der Waals surface area contributed by atoms with Crippen LogP contribution in [-0.2, 0) is 9.59 Å². The van der Waals surface area contributed by atoms with Gasteiger partial charge in [0, 0.05) is 23.1 Å². The van der Waals surface area contributed by atoms with Crippen LogP contribution in [0, 0.1) is 6.92 Å². The maximum Gasteiger partial charge on any atom is 0.265 e. The molecular weight excluding hydrogens is 454 g/mol. The summed E-state index contributed by atoms with van der Waals surface area (Å²) in [6.45, 7) is 5.56. The third-order valence-electron chi connectivity index (χ3n) is 5.65. The van der Waals surface area contributed by atoms with E-state index in [1.165, 1.54) is 21.1 Å². The Hall–Kier alpha value is -3.98. The van der Waals surface area contributed by atoms with Gasteiger partial charge in [-0.05, 0) is 43.3 Å². The van der Waals surface area contributed by atoms with Gasteiger partial charge in [-0.3, -0.25) is 19.3 Å². The lowest BCUT2D eigenvalue weighted by Gasteiger charge is -2.30. The van der Waals surface area contributed by atoms with Crippen molar-refractivity contribution in [1.29, 1.82) is 0 Å². The Bertz CT molecular complexity index is 1330. The van der Waals surface area contributed by atoms with Crippen LogP contribution in [0.1, 0.15) is 15.4 Å². The fourth-order valence-corrected chi connectivity index (χ4v) is 4.59. The number of Topliss-reactive ketones (excluding diaryl/α,β-unsaturated/α-hetero) is 1. The van der Waals surface area contributed by atoms with Crippen molar-refractivity contribution in [3.63, 3.8) is 0 Å². The number of aryl methyl sites for hydroxylation is 1. The fourth-order valence-electron chi connectivity index (χ4n) is 3.97. The number of ether oxygens (including phenoxy) is 2. The molecule has 0 spiro atoms. The first kappa shape index (κ1) is 21.8. The molecule has 3 aromatic rings. The first-order valence-corrected chi connectivity index (χ1v) is 11.5. The zero-order chi connectivity index (χ0) is 23.8. The summed E-state index contributed by atoms with van der Waals surface area (Å²) in [7, 11) is 0. The maximum absolute atomic E-state index is 13.2. The van der Waals surface area contributed by atoms with E-state index in [0.29, 0.717) is 35.0 Å². The standard InChI is InChI=1S/C25H21N3O5S/c1-3-8-27-19-10-17(5-7-22(19)32-12-24(27)30)21(29)11-28-20-9-16(18-14-34-15(2)26-18)4-6-23(20)33-13-25(28)31/h3-7,9-10,14H,1,8,11-13H2,2H3. The molecule has 172 valence electrons. The van der Waals surface area contributed by atoms with Gasteiger partial charge in [0.2, 0.25) is 0 Å². The van der Waals surface area contributed by atoms with Crippen molar-refractivity contribution in [2.24, 2.45) is 0 Å². The molecule has 2 aromatic carbocycles. The average molecular weight is 476 g/mol. The van der Waals surface area contributed by atoms with E-state index in [1.54, 1.807) is 30.3 Å². The number of ketones is 1. The Morgan fingerprint density at radius 3 is 2.41 bits per heavy atom. The van der Waals surface area contributed by atoms with E-state index in [4.69, 9.17) is 9.47 Å². The lowest BCUT2D eigenvalue weighted by molar-refractivity contribution is -0.121. The van der Waals surface area contributed by atoms with Crippen LogP contribution in [0.3, 0.4) is 0 Å². The highest BCUT2D eigenvalue weighted by molar-refractivity contribution is 7.09. The molecule has 9 heteroatoms. The minimum absolute atomic E-state index is 0.0615. The van der Waals surface area contributed by atoms with Crippen LogP contribution in [0.15, 0.2) is 54.4 Å². The first-order chi connectivity index (χ1) is 16.4. The second-order valence-electron chi connectivity index (χ2n) is 7.89. The predicted octanol–water partition coefficient (Wildman–Crippen LogP) is 3.64. The van der Waals surface area contributed by atoms with E-state index in [9.17, 15) is 14.4 Å². The number of nitrogens with zero attached hydrogens (tertiary/aromatic N) is 3. The summed E-state index contributed by atoms with van der Waals surface area (Å²) in [5, 5.41) is 2.89. The third kappa shape index (κ3) is 3.94. The largest absolute Gasteiger partial charge is 0.482 e. The molecule has 0 radical (unpaired) electrons. The molecule has 3 heterocycles. The summed E-state index contributed by atoms with van der Waals surface area (Å²) in [5.74, 6) is 0.269. The molecule has 2 aliphatic rings. The van der Waals surface area contributed by atoms with Gasteiger partial charge in [0.05, 0.1) is 28.6 Å². The SMILES string of the molecule is C=CCN1C(=O)COc2ccc(C(=O)CN3C(=O)COc4ccc(-c5csc(C)n5)cc43)cc21. The Kier molecular flexibility index (Phi) is 5.62. The zero-order valence-electron chi connectivity index (χ0n) is 18.4. The molecule has 0 atom stereocenters. The zero-order valence-corrected chi connectivity index (χ0v) is 19.3. The van der Waals surface area contributed by atoms with Gasteiger partial charge in [0.15, 0.2) is 19.0 Å². The van der Waals surface area contributed by atoms with Gasteiger partial charge in [0.25, 0.3) is 11.8 Å². The number of hydrogen-bond acceptors (Lipinski definition) is 7. The summed E-state index contributed by atoms with van der Waals surface area (Å²) < 4.78 is 11.1. The molecule has 1 aromatic heterocycles. The van der Waals surface area contributed by atoms with Gasteiger partial charge in [-0.15, -0.1) is 17.9 Å². The molecule has 2 amide bonds. The molecular formula is C25H21N3O5S. The van der Waals surface area contributed by atoms with E-state index in [2.05, 4.69) is 11.6 Å². The van der Waals surface area contributed by atoms with Crippen LogP contribution < -0.4 is 19.3 Å². The van der Waals surface area contributed by atoms with E-state index in [-0.39, 0.29) is 37.4 Å². The van der Waals surface area contributed by atoms with Crippen LogP contribution >= 0.6 is 11.3 Å². The molecule has 0 aliphatic carbocycles. The smallest absolute Gasteiger partial charge is 0.265 e. The van der Waals surface area contributed by atoms with Crippen molar-refractivity contribution in [2.45, 2.75) is 6.92 Å². The number of amides is 2. The quantitative estimate of drug-likeness (QED) is 0.400. The van der Waals surface area contributed by atoms with Gasteiger partial charge in [-0.2, -0.15) is 0 Å². The second-order valence-corrected chi connectivity index (χ2v) is 8.95. The van der Waals surface area contributed by atoms with E-state index < -0.39 is 0 Å². The number of thiazole rings is 1. The number of carbonyl (C=O) groups excluding carboxylic acids is 3. The van der Waals surface area contributed by atoms with E-state index >= 15 is 0 Å². The summed E-state index contributed by atoms with van der Waals surface area (Å²) in [4.78, 5) is 45.7. The van der Waals surface area contributed by atoms with Gasteiger partial charge >= 0.3 is 0 Å². The topological polar surface area (TPSA) is 89.0 Å². The fraction of sp³-hybridized carbons (Fsp3) is 0.200. The number of benzene rings is 2. The number of fused-ring (bicyclic) bond motifs is 2. The molecule has 0 unspecified atom stereocenters. The molecule has 0 saturated heterocycles. The lowest BCUT2D eigenvalue weighted by Crippen LogP contribution is -2.42. The Labute approximate surface area is 200 Å². The average Bonchev–Trinajstić information content (AvgIpc) is 3.28. The molecule has 2 aliphatic heterocycles. The minimum atomic E-state index is -0.308. The van der Waals surface area contributed by atoms with Crippen molar-refractivity contribution in [1.82, 2.24) is 4.98 Å². The number of hydrogen-bond donors (Lipinski definition) is 0. The monoisotopic (exact) mass is 475 g/mol. The van der Waals surface area contributed by atoms with Crippen LogP contribution in [0.5, 0.6) is 11.5 Å². The molecule has 5 rings (SSSR count). The highest BCUT2D eigenvalue weighted by Gasteiger charge is 2.30. The predicted molar refractivity (Wildman–Crippen MR) is 129 cm³/mol. The van der Waals surface area contributed by atoms with Gasteiger partial charge in [0.1, 0.15) is 11.5 Å². The number of carbonyl (C=O) groups is 3. The highest BCUT2D eigenvalue weighted by atomic mass is 32.1. The van der Waals surface area contributed by atoms with Gasteiger partial charge in [-0.1, -0.05) is 6.08 Å². The van der Waals surface area contributed by atoms with Crippen LogP contribution in [0.25, 0.3) is 11.3 Å². The molecule has 0 N–H and O–H groups in total. The molecule has 34 heavy (non-hydrogen) atoms. The summed E-state index contributed by atoms with van der Waals surface area (Å²) in [6, 6.07) is 10.4. The Morgan fingerprint density at radius 1 is 1.06 bits per heavy atom. The van der Waals surface area contributed by atoms with Crippen molar-refractivity contribution >= 4 is 40.3 Å². The highest BCUT2D eigenvalue weighted by Crippen LogP contribution is 2.37. The summed E-state index contributed by atoms with van der Waals surface area (Å²) in [6.07, 6.45) is 1.62. The van der Waals surface area contributed by atoms with Gasteiger partial charge < -0.3 is 14.4 Å². The molecule has 0 bridgehead atoms. The van der Waals surface area contributed by atoms with Crippen molar-refractivity contribution in [3.8, 4) is 22.8 Å². The second kappa shape index (κ2) is 8.75. The Balaban J connectivity index is 1.45. The molecule has 0 saturated carbocycles. The van der Waals surface area contributed by atoms with Gasteiger partial charge in [-0.25, -0.2) is 4.98 Å². The van der Waals surface area contributed by atoms with Crippen LogP contribution in [0.2, 0.25) is 0 Å². The van der Waals surface area contributed by atoms with Crippen molar-refractivity contribution in [2.75, 3.05) is 36.1 Å².